The number of nitrogens with one attached hydrogen (secondary N) is 2. The number of aromatic nitrogens is 2. The number of nitrogens with two attached hydrogens (primary N) is 1. The normalized spacial score (nSPS) is 20.5. The predicted molar refractivity (Wildman–Crippen MR) is 81.1 cm³/mol. The number of fused-ring (bicyclic) bond motifs is 3. The van der Waals surface area contributed by atoms with E-state index in [-0.39, 0.29) is 0 Å². The smallest absolute Gasteiger partial charge is 0.153 e. The van der Waals surface area contributed by atoms with Gasteiger partial charge in [0.2, 0.25) is 0 Å². The molecule has 1 aromatic heterocycles. The van der Waals surface area contributed by atoms with Gasteiger partial charge in [-0.2, -0.15) is 5.10 Å². The molecule has 2 aliphatic heterocycles. The van der Waals surface area contributed by atoms with Crippen LogP contribution in [0.15, 0.2) is 24.3 Å². The molecule has 2 aromatic rings. The molecule has 0 radical (unpaired) electrons. The van der Waals surface area contributed by atoms with E-state index in [1.54, 1.807) is 0 Å². The number of hydrogen-bond donors (Lipinski definition) is 3. The summed E-state index contributed by atoms with van der Waals surface area (Å²) < 4.78 is 2.15. The predicted octanol–water partition coefficient (Wildman–Crippen LogP) is 2.23. The van der Waals surface area contributed by atoms with Crippen molar-refractivity contribution in [3.8, 4) is 0 Å². The highest BCUT2D eigenvalue weighted by molar-refractivity contribution is 5.62. The van der Waals surface area contributed by atoms with E-state index in [1.807, 2.05) is 12.1 Å². The summed E-state index contributed by atoms with van der Waals surface area (Å²) in [7, 11) is 0. The van der Waals surface area contributed by atoms with Crippen molar-refractivity contribution in [2.75, 3.05) is 29.5 Å². The second-order valence-electron chi connectivity index (χ2n) is 5.55. The van der Waals surface area contributed by atoms with Crippen LogP contribution in [-0.4, -0.2) is 22.9 Å². The van der Waals surface area contributed by atoms with Crippen LogP contribution in [0, 0.1) is 0 Å². The molecule has 0 bridgehead atoms. The Morgan fingerprint density at radius 1 is 1.15 bits per heavy atom. The molecule has 3 heterocycles. The highest BCUT2D eigenvalue weighted by atomic mass is 15.4. The largest absolute Gasteiger partial charge is 0.399 e. The molecule has 5 nitrogen and oxygen atoms in total. The molecule has 4 N–H and O–H groups in total. The van der Waals surface area contributed by atoms with Crippen LogP contribution in [0.1, 0.15) is 30.0 Å². The molecule has 5 heteroatoms. The zero-order valence-corrected chi connectivity index (χ0v) is 11.4. The van der Waals surface area contributed by atoms with Crippen LogP contribution in [-0.2, 0) is 6.42 Å². The molecule has 0 saturated heterocycles. The van der Waals surface area contributed by atoms with E-state index in [9.17, 15) is 0 Å². The van der Waals surface area contributed by atoms with E-state index in [2.05, 4.69) is 27.4 Å². The first kappa shape index (κ1) is 11.6. The van der Waals surface area contributed by atoms with Crippen LogP contribution < -0.4 is 16.4 Å². The van der Waals surface area contributed by atoms with E-state index >= 15 is 0 Å². The third-order valence-corrected chi connectivity index (χ3v) is 4.23. The fourth-order valence-corrected chi connectivity index (χ4v) is 3.21. The Labute approximate surface area is 118 Å². The topological polar surface area (TPSA) is 67.9 Å². The highest BCUT2D eigenvalue weighted by Crippen LogP contribution is 2.36. The summed E-state index contributed by atoms with van der Waals surface area (Å²) in [5, 5.41) is 11.7. The monoisotopic (exact) mass is 269 g/mol. The minimum absolute atomic E-state index is 0.305. The molecule has 4 rings (SSSR count). The van der Waals surface area contributed by atoms with Gasteiger partial charge in [-0.05, 0) is 37.0 Å². The van der Waals surface area contributed by atoms with Crippen molar-refractivity contribution in [2.45, 2.75) is 25.3 Å². The number of nitrogen functional groups attached to an aromatic ring is 1. The molecular weight excluding hydrogens is 250 g/mol. The van der Waals surface area contributed by atoms with Crippen LogP contribution in [0.25, 0.3) is 0 Å². The third-order valence-electron chi connectivity index (χ3n) is 4.23. The lowest BCUT2D eigenvalue weighted by molar-refractivity contribution is 0.483. The zero-order valence-electron chi connectivity index (χ0n) is 11.4. The van der Waals surface area contributed by atoms with Crippen molar-refractivity contribution < 1.29 is 0 Å². The molecule has 20 heavy (non-hydrogen) atoms. The van der Waals surface area contributed by atoms with E-state index < -0.39 is 0 Å². The van der Waals surface area contributed by atoms with Gasteiger partial charge in [0.1, 0.15) is 5.82 Å². The Balaban J connectivity index is 1.78. The minimum atomic E-state index is 0.305. The summed E-state index contributed by atoms with van der Waals surface area (Å²) in [6.07, 6.45) is 3.34. The number of benzene rings is 1. The summed E-state index contributed by atoms with van der Waals surface area (Å²) in [5.74, 6) is 2.25. The van der Waals surface area contributed by atoms with Gasteiger partial charge in [0.05, 0.1) is 6.04 Å². The molecule has 1 unspecified atom stereocenters. The van der Waals surface area contributed by atoms with Crippen molar-refractivity contribution in [2.24, 2.45) is 0 Å². The van der Waals surface area contributed by atoms with Crippen LogP contribution in [0.2, 0.25) is 0 Å². The molecule has 104 valence electrons. The van der Waals surface area contributed by atoms with Crippen molar-refractivity contribution in [1.82, 2.24) is 9.78 Å². The van der Waals surface area contributed by atoms with Gasteiger partial charge >= 0.3 is 0 Å². The summed E-state index contributed by atoms with van der Waals surface area (Å²) >= 11 is 0. The van der Waals surface area contributed by atoms with Gasteiger partial charge in [-0.1, -0.05) is 12.1 Å². The van der Waals surface area contributed by atoms with Gasteiger partial charge in [-0.25, -0.2) is 4.68 Å². The molecular formula is C15H19N5. The van der Waals surface area contributed by atoms with Gasteiger partial charge in [-0.3, -0.25) is 0 Å². The second kappa shape index (κ2) is 4.44. The molecule has 0 fully saturated rings. The van der Waals surface area contributed by atoms with Crippen molar-refractivity contribution in [3.05, 3.63) is 35.4 Å². The number of anilines is 3. The first-order valence-electron chi connectivity index (χ1n) is 7.27. The van der Waals surface area contributed by atoms with Gasteiger partial charge in [0.15, 0.2) is 5.82 Å². The van der Waals surface area contributed by atoms with Gasteiger partial charge in [0, 0.05) is 24.3 Å². The maximum Gasteiger partial charge on any atom is 0.153 e. The maximum atomic E-state index is 5.79. The van der Waals surface area contributed by atoms with Gasteiger partial charge in [0.25, 0.3) is 0 Å². The molecule has 0 aliphatic carbocycles. The molecule has 2 aliphatic rings. The Bertz CT molecular complexity index is 628. The Morgan fingerprint density at radius 3 is 2.85 bits per heavy atom. The van der Waals surface area contributed by atoms with Crippen LogP contribution in [0.4, 0.5) is 17.3 Å². The molecule has 0 spiro atoms. The minimum Gasteiger partial charge on any atom is -0.399 e. The van der Waals surface area contributed by atoms with Crippen molar-refractivity contribution >= 4 is 17.3 Å². The zero-order chi connectivity index (χ0) is 13.5. The first-order valence-corrected chi connectivity index (χ1v) is 7.27. The fourth-order valence-electron chi connectivity index (χ4n) is 3.21. The number of nitrogens with zero attached hydrogens (tertiary/aromatic N) is 2. The Kier molecular flexibility index (Phi) is 2.58. The Hall–Kier alpha value is -2.17. The number of rotatable bonds is 1. The average Bonchev–Trinajstić information content (AvgIpc) is 2.87. The average molecular weight is 269 g/mol. The van der Waals surface area contributed by atoms with Gasteiger partial charge in [-0.15, -0.1) is 0 Å². The van der Waals surface area contributed by atoms with E-state index in [0.717, 1.165) is 37.4 Å². The van der Waals surface area contributed by atoms with E-state index in [4.69, 9.17) is 10.8 Å². The lowest BCUT2D eigenvalue weighted by atomic mass is 10.0. The quantitative estimate of drug-likeness (QED) is 0.694. The van der Waals surface area contributed by atoms with Crippen molar-refractivity contribution in [1.29, 1.82) is 0 Å². The fraction of sp³-hybridized carbons (Fsp3) is 0.400. The van der Waals surface area contributed by atoms with Gasteiger partial charge < -0.3 is 16.4 Å². The second-order valence-corrected chi connectivity index (χ2v) is 5.55. The standard InChI is InChI=1S/C15H19N5/c16-11-5-3-10(4-6-11)13-7-9-18-15-12-2-1-8-17-14(12)19-20(13)15/h3-6,13,18H,1-2,7-9,16H2,(H,17,19). The molecule has 0 amide bonds. The molecule has 0 saturated carbocycles. The lowest BCUT2D eigenvalue weighted by Crippen LogP contribution is -2.24. The molecule has 1 aromatic carbocycles. The maximum absolute atomic E-state index is 5.79. The van der Waals surface area contributed by atoms with Crippen LogP contribution in [0.5, 0.6) is 0 Å². The highest BCUT2D eigenvalue weighted by Gasteiger charge is 2.28. The first-order chi connectivity index (χ1) is 9.83. The Morgan fingerprint density at radius 2 is 2.00 bits per heavy atom. The van der Waals surface area contributed by atoms with E-state index in [0.29, 0.717) is 6.04 Å². The van der Waals surface area contributed by atoms with Crippen LogP contribution in [0.3, 0.4) is 0 Å². The van der Waals surface area contributed by atoms with Crippen molar-refractivity contribution in [3.63, 3.8) is 0 Å². The van der Waals surface area contributed by atoms with Crippen LogP contribution >= 0.6 is 0 Å². The summed E-state index contributed by atoms with van der Waals surface area (Å²) in [6.45, 7) is 2.02. The lowest BCUT2D eigenvalue weighted by Gasteiger charge is -2.26. The van der Waals surface area contributed by atoms with E-state index in [1.165, 1.54) is 23.4 Å². The third kappa shape index (κ3) is 1.73. The summed E-state index contributed by atoms with van der Waals surface area (Å²) in [5.41, 5.74) is 9.22. The summed E-state index contributed by atoms with van der Waals surface area (Å²) in [4.78, 5) is 0. The molecule has 1 atom stereocenters. The summed E-state index contributed by atoms with van der Waals surface area (Å²) in [6, 6.07) is 8.48. The SMILES string of the molecule is Nc1ccc(C2CCNc3c4c(nn32)NCCC4)cc1. The number of hydrogen-bond acceptors (Lipinski definition) is 4.